The first-order chi connectivity index (χ1) is 15.3. The lowest BCUT2D eigenvalue weighted by atomic mass is 9.81. The van der Waals surface area contributed by atoms with E-state index in [1.165, 1.54) is 0 Å². The Hall–Kier alpha value is -2.32. The maximum Gasteiger partial charge on any atom is 0.260 e. The van der Waals surface area contributed by atoms with Gasteiger partial charge in [0.1, 0.15) is 6.10 Å². The van der Waals surface area contributed by atoms with Crippen molar-refractivity contribution in [2.75, 3.05) is 6.54 Å². The molecule has 6 nitrogen and oxygen atoms in total. The predicted molar refractivity (Wildman–Crippen MR) is 122 cm³/mol. The van der Waals surface area contributed by atoms with Crippen molar-refractivity contribution < 1.29 is 13.2 Å². The van der Waals surface area contributed by atoms with E-state index in [1.54, 1.807) is 34.9 Å². The molecule has 1 fully saturated rings. The van der Waals surface area contributed by atoms with Crippen molar-refractivity contribution in [3.8, 4) is 0 Å². The summed E-state index contributed by atoms with van der Waals surface area (Å²) in [6.07, 6.45) is 4.03. The molecule has 166 valence electrons. The fourth-order valence-corrected chi connectivity index (χ4v) is 6.62. The highest BCUT2D eigenvalue weighted by molar-refractivity contribution is 7.89. The quantitative estimate of drug-likeness (QED) is 0.559. The van der Waals surface area contributed by atoms with Crippen LogP contribution in [0.25, 0.3) is 0 Å². The molecule has 0 saturated carbocycles. The van der Waals surface area contributed by atoms with Crippen LogP contribution in [0.4, 0.5) is 0 Å². The molecule has 1 saturated heterocycles. The second kappa shape index (κ2) is 7.92. The standard InChI is InChI=1S/C24H24ClN3O3S/c1-16-7-8-22(27-15-16)32(29,30)28-12-10-24(14-17(28)2)20-6-4-3-5-19(20)23(31-24)21-13-18(25)9-11-26-21/h3-9,11,13,15,17,23H,10,12,14H2,1-2H3. The lowest BCUT2D eigenvalue weighted by Gasteiger charge is -2.43. The Balaban J connectivity index is 1.47. The summed E-state index contributed by atoms with van der Waals surface area (Å²) in [5, 5.41) is 0.691. The van der Waals surface area contributed by atoms with Crippen LogP contribution in [-0.2, 0) is 20.4 Å². The molecular formula is C24H24ClN3O3S. The largest absolute Gasteiger partial charge is 0.356 e. The molecule has 3 unspecified atom stereocenters. The molecule has 0 N–H and O–H groups in total. The Bertz CT molecular complexity index is 1270. The summed E-state index contributed by atoms with van der Waals surface area (Å²) >= 11 is 6.21. The van der Waals surface area contributed by atoms with Gasteiger partial charge in [0.2, 0.25) is 0 Å². The fraction of sp³-hybridized carbons (Fsp3) is 0.333. The predicted octanol–water partition coefficient (Wildman–Crippen LogP) is 4.63. The van der Waals surface area contributed by atoms with E-state index in [4.69, 9.17) is 16.3 Å². The molecule has 0 aliphatic carbocycles. The molecule has 1 spiro atoms. The number of hydrogen-bond acceptors (Lipinski definition) is 5. The zero-order valence-electron chi connectivity index (χ0n) is 17.9. The van der Waals surface area contributed by atoms with Crippen molar-refractivity contribution in [2.45, 2.75) is 49.5 Å². The van der Waals surface area contributed by atoms with Crippen LogP contribution in [0.15, 0.2) is 66.0 Å². The number of aromatic nitrogens is 2. The minimum absolute atomic E-state index is 0.0830. The van der Waals surface area contributed by atoms with Crippen LogP contribution < -0.4 is 0 Å². The molecule has 0 radical (unpaired) electrons. The molecule has 3 aromatic rings. The van der Waals surface area contributed by atoms with Gasteiger partial charge in [0.25, 0.3) is 10.0 Å². The summed E-state index contributed by atoms with van der Waals surface area (Å²) in [5.41, 5.74) is 3.27. The average Bonchev–Trinajstić information content (AvgIpc) is 3.08. The van der Waals surface area contributed by atoms with Crippen molar-refractivity contribution in [1.82, 2.24) is 14.3 Å². The van der Waals surface area contributed by atoms with Crippen LogP contribution in [-0.4, -0.2) is 35.3 Å². The molecule has 2 aliphatic heterocycles. The van der Waals surface area contributed by atoms with E-state index >= 15 is 0 Å². The van der Waals surface area contributed by atoms with Gasteiger partial charge in [-0.2, -0.15) is 4.31 Å². The smallest absolute Gasteiger partial charge is 0.260 e. The van der Waals surface area contributed by atoms with Crippen molar-refractivity contribution in [3.05, 3.63) is 88.3 Å². The van der Waals surface area contributed by atoms with Crippen molar-refractivity contribution in [2.24, 2.45) is 0 Å². The van der Waals surface area contributed by atoms with Crippen molar-refractivity contribution in [3.63, 3.8) is 0 Å². The first-order valence-electron chi connectivity index (χ1n) is 10.6. The number of pyridine rings is 2. The third kappa shape index (κ3) is 3.53. The van der Waals surface area contributed by atoms with Gasteiger partial charge in [-0.3, -0.25) is 4.98 Å². The molecule has 0 bridgehead atoms. The number of ether oxygens (including phenoxy) is 1. The van der Waals surface area contributed by atoms with Crippen molar-refractivity contribution >= 4 is 21.6 Å². The SMILES string of the molecule is Cc1ccc(S(=O)(=O)N2CCC3(CC2C)OC(c2cc(Cl)ccn2)c2ccccc23)nc1. The molecule has 2 aromatic heterocycles. The fourth-order valence-electron chi connectivity index (χ4n) is 4.91. The Labute approximate surface area is 193 Å². The second-order valence-corrected chi connectivity index (χ2v) is 10.8. The first kappa shape index (κ1) is 21.5. The third-order valence-electron chi connectivity index (χ3n) is 6.40. The van der Waals surface area contributed by atoms with Crippen molar-refractivity contribution in [1.29, 1.82) is 0 Å². The van der Waals surface area contributed by atoms with E-state index in [9.17, 15) is 8.42 Å². The maximum absolute atomic E-state index is 13.3. The number of piperidine rings is 1. The van der Waals surface area contributed by atoms with Crippen LogP contribution in [0.1, 0.15) is 48.3 Å². The summed E-state index contributed by atoms with van der Waals surface area (Å²) in [5.74, 6) is 0. The minimum atomic E-state index is -3.69. The number of hydrogen-bond donors (Lipinski definition) is 0. The summed E-state index contributed by atoms with van der Waals surface area (Å²) < 4.78 is 34.8. The normalized spacial score (nSPS) is 25.7. The Kier molecular flexibility index (Phi) is 5.33. The van der Waals surface area contributed by atoms with E-state index in [1.807, 2.05) is 32.0 Å². The molecular weight excluding hydrogens is 446 g/mol. The lowest BCUT2D eigenvalue weighted by molar-refractivity contribution is -0.0996. The Morgan fingerprint density at radius 1 is 1.16 bits per heavy atom. The summed E-state index contributed by atoms with van der Waals surface area (Å²) in [4.78, 5) is 8.66. The highest BCUT2D eigenvalue weighted by Gasteiger charge is 2.51. The van der Waals surface area contributed by atoms with Gasteiger partial charge in [-0.1, -0.05) is 41.9 Å². The number of halogens is 1. The molecule has 3 atom stereocenters. The van der Waals surface area contributed by atoms with Crippen LogP contribution in [0.5, 0.6) is 0 Å². The number of rotatable bonds is 3. The molecule has 1 aromatic carbocycles. The van der Waals surface area contributed by atoms with E-state index in [0.717, 1.165) is 22.4 Å². The maximum atomic E-state index is 13.3. The Morgan fingerprint density at radius 3 is 2.69 bits per heavy atom. The van der Waals surface area contributed by atoms with Crippen LogP contribution in [0, 0.1) is 6.92 Å². The minimum Gasteiger partial charge on any atom is -0.356 e. The highest BCUT2D eigenvalue weighted by Crippen LogP contribution is 2.52. The molecule has 2 aliphatic rings. The number of sulfonamides is 1. The van der Waals surface area contributed by atoms with Gasteiger partial charge in [0.05, 0.1) is 11.3 Å². The van der Waals surface area contributed by atoms with Gasteiger partial charge in [-0.25, -0.2) is 13.4 Å². The Morgan fingerprint density at radius 2 is 1.97 bits per heavy atom. The topological polar surface area (TPSA) is 72.4 Å². The zero-order valence-corrected chi connectivity index (χ0v) is 19.5. The molecule has 4 heterocycles. The van der Waals surface area contributed by atoms with Crippen LogP contribution >= 0.6 is 11.6 Å². The summed E-state index contributed by atoms with van der Waals surface area (Å²) in [6.45, 7) is 4.17. The van der Waals surface area contributed by atoms with E-state index in [0.29, 0.717) is 24.4 Å². The van der Waals surface area contributed by atoms with Crippen LogP contribution in [0.2, 0.25) is 5.02 Å². The average molecular weight is 470 g/mol. The molecule has 32 heavy (non-hydrogen) atoms. The van der Waals surface area contributed by atoms with Gasteiger partial charge < -0.3 is 4.74 Å². The van der Waals surface area contributed by atoms with Gasteiger partial charge in [0, 0.05) is 30.0 Å². The monoisotopic (exact) mass is 469 g/mol. The van der Waals surface area contributed by atoms with E-state index in [-0.39, 0.29) is 17.2 Å². The van der Waals surface area contributed by atoms with Gasteiger partial charge in [-0.15, -0.1) is 0 Å². The van der Waals surface area contributed by atoms with Gasteiger partial charge in [-0.05, 0) is 61.6 Å². The third-order valence-corrected chi connectivity index (χ3v) is 8.56. The molecule has 8 heteroatoms. The molecule has 0 amide bonds. The first-order valence-corrected chi connectivity index (χ1v) is 12.5. The number of nitrogens with zero attached hydrogens (tertiary/aromatic N) is 3. The lowest BCUT2D eigenvalue weighted by Crippen LogP contribution is -2.50. The zero-order chi connectivity index (χ0) is 22.5. The summed E-state index contributed by atoms with van der Waals surface area (Å²) in [7, 11) is -3.69. The van der Waals surface area contributed by atoms with Gasteiger partial charge in [0.15, 0.2) is 5.03 Å². The van der Waals surface area contributed by atoms with E-state index < -0.39 is 15.6 Å². The number of aryl methyl sites for hydroxylation is 1. The second-order valence-electron chi connectivity index (χ2n) is 8.57. The highest BCUT2D eigenvalue weighted by atomic mass is 35.5. The number of benzene rings is 1. The summed E-state index contributed by atoms with van der Waals surface area (Å²) in [6, 6.07) is 14.8. The van der Waals surface area contributed by atoms with E-state index in [2.05, 4.69) is 22.1 Å². The van der Waals surface area contributed by atoms with Crippen LogP contribution in [0.3, 0.4) is 0 Å². The number of fused-ring (bicyclic) bond motifs is 2. The molecule has 5 rings (SSSR count). The van der Waals surface area contributed by atoms with Gasteiger partial charge >= 0.3 is 0 Å².